The van der Waals surface area contributed by atoms with Gasteiger partial charge in [-0.1, -0.05) is 29.8 Å². The number of nitrogens with one attached hydrogen (secondary N) is 2. The smallest absolute Gasteiger partial charge is 0.241 e. The lowest BCUT2D eigenvalue weighted by atomic mass is 10.0. The fourth-order valence-corrected chi connectivity index (χ4v) is 2.52. The predicted molar refractivity (Wildman–Crippen MR) is 75.7 cm³/mol. The lowest BCUT2D eigenvalue weighted by molar-refractivity contribution is -0.135. The number of hydrogen-bond acceptors (Lipinski definition) is 4. The topological polar surface area (TPSA) is 87.5 Å². The molecule has 20 heavy (non-hydrogen) atoms. The summed E-state index contributed by atoms with van der Waals surface area (Å²) in [6.07, 6.45) is 0.561. The molecule has 2 rings (SSSR count). The number of halogens is 1. The normalized spacial score (nSPS) is 21.7. The zero-order valence-electron chi connectivity index (χ0n) is 11.1. The van der Waals surface area contributed by atoms with Gasteiger partial charge in [0.1, 0.15) is 6.04 Å². The molecule has 1 aliphatic rings. The Bertz CT molecular complexity index is 523. The van der Waals surface area contributed by atoms with Crippen molar-refractivity contribution in [1.29, 1.82) is 0 Å². The molecule has 6 nitrogen and oxygen atoms in total. The van der Waals surface area contributed by atoms with Gasteiger partial charge in [0.25, 0.3) is 0 Å². The second kappa shape index (κ2) is 6.21. The van der Waals surface area contributed by atoms with Crippen molar-refractivity contribution < 1.29 is 9.59 Å². The van der Waals surface area contributed by atoms with E-state index in [0.29, 0.717) is 11.4 Å². The van der Waals surface area contributed by atoms with Gasteiger partial charge in [-0.25, -0.2) is 10.9 Å². The second-order valence-electron chi connectivity index (χ2n) is 4.81. The quantitative estimate of drug-likeness (QED) is 0.740. The summed E-state index contributed by atoms with van der Waals surface area (Å²) in [5.74, 6) is -0.708. The molecule has 1 heterocycles. The maximum Gasteiger partial charge on any atom is 0.241 e. The summed E-state index contributed by atoms with van der Waals surface area (Å²) in [4.78, 5) is 24.3. The molecule has 0 radical (unpaired) electrons. The first-order valence-corrected chi connectivity index (χ1v) is 6.65. The van der Waals surface area contributed by atoms with E-state index in [1.807, 2.05) is 24.3 Å². The van der Waals surface area contributed by atoms with Crippen LogP contribution in [-0.2, 0) is 9.59 Å². The van der Waals surface area contributed by atoms with Gasteiger partial charge >= 0.3 is 0 Å². The van der Waals surface area contributed by atoms with E-state index in [1.54, 1.807) is 7.05 Å². The number of nitrogens with zero attached hydrogens (tertiary/aromatic N) is 1. The highest BCUT2D eigenvalue weighted by Crippen LogP contribution is 2.28. The summed E-state index contributed by atoms with van der Waals surface area (Å²) in [5, 5.41) is 0.658. The molecule has 108 valence electrons. The number of rotatable bonds is 4. The van der Waals surface area contributed by atoms with Crippen LogP contribution in [0, 0.1) is 0 Å². The van der Waals surface area contributed by atoms with Gasteiger partial charge in [-0.3, -0.25) is 9.59 Å². The monoisotopic (exact) mass is 296 g/mol. The maximum absolute atomic E-state index is 12.1. The van der Waals surface area contributed by atoms with Crippen LogP contribution < -0.4 is 16.6 Å². The van der Waals surface area contributed by atoms with Crippen LogP contribution >= 0.6 is 11.6 Å². The van der Waals surface area contributed by atoms with Gasteiger partial charge in [0.2, 0.25) is 11.8 Å². The van der Waals surface area contributed by atoms with E-state index in [0.717, 1.165) is 5.56 Å². The summed E-state index contributed by atoms with van der Waals surface area (Å²) < 4.78 is 0. The first-order valence-electron chi connectivity index (χ1n) is 6.28. The number of primary amides is 1. The van der Waals surface area contributed by atoms with Gasteiger partial charge in [0, 0.05) is 18.1 Å². The Morgan fingerprint density at radius 2 is 2.10 bits per heavy atom. The third kappa shape index (κ3) is 3.27. The Hall–Kier alpha value is -1.63. The number of hydrazine groups is 1. The Morgan fingerprint density at radius 1 is 1.40 bits per heavy atom. The first kappa shape index (κ1) is 14.8. The van der Waals surface area contributed by atoms with Crippen molar-refractivity contribution in [2.45, 2.75) is 18.5 Å². The number of nitrogens with two attached hydrogens (primary N) is 1. The highest BCUT2D eigenvalue weighted by Gasteiger charge is 2.32. The molecule has 0 saturated carbocycles. The number of carbonyl (C=O) groups is 2. The molecule has 2 amide bonds. The van der Waals surface area contributed by atoms with Crippen LogP contribution in [0.1, 0.15) is 18.0 Å². The van der Waals surface area contributed by atoms with Crippen molar-refractivity contribution >= 4 is 23.4 Å². The number of benzene rings is 1. The van der Waals surface area contributed by atoms with E-state index in [1.165, 1.54) is 4.90 Å². The molecular weight excluding hydrogens is 280 g/mol. The Morgan fingerprint density at radius 3 is 2.75 bits per heavy atom. The largest absolute Gasteiger partial charge is 0.368 e. The standard InChI is InChI=1S/C13H17ClN4O2/c1-18(7-12(15)19)13(20)11-6-10(16-17-11)8-4-2-3-5-9(8)14/h2-5,10-11,16-17H,6-7H2,1H3,(H2,15,19). The summed E-state index contributed by atoms with van der Waals surface area (Å²) in [6.45, 7) is -0.0895. The minimum Gasteiger partial charge on any atom is -0.368 e. The van der Waals surface area contributed by atoms with E-state index in [2.05, 4.69) is 10.9 Å². The van der Waals surface area contributed by atoms with Crippen molar-refractivity contribution in [3.8, 4) is 0 Å². The van der Waals surface area contributed by atoms with Gasteiger partial charge in [-0.05, 0) is 18.1 Å². The summed E-state index contributed by atoms with van der Waals surface area (Å²) in [5.41, 5.74) is 12.0. The van der Waals surface area contributed by atoms with Crippen molar-refractivity contribution in [2.24, 2.45) is 5.73 Å². The van der Waals surface area contributed by atoms with Crippen molar-refractivity contribution in [2.75, 3.05) is 13.6 Å². The van der Waals surface area contributed by atoms with E-state index >= 15 is 0 Å². The van der Waals surface area contributed by atoms with E-state index in [9.17, 15) is 9.59 Å². The summed E-state index contributed by atoms with van der Waals surface area (Å²) >= 11 is 6.14. The highest BCUT2D eigenvalue weighted by molar-refractivity contribution is 6.31. The SMILES string of the molecule is CN(CC(N)=O)C(=O)C1CC(c2ccccc2Cl)NN1. The van der Waals surface area contributed by atoms with Gasteiger partial charge in [-0.15, -0.1) is 0 Å². The van der Waals surface area contributed by atoms with Crippen LogP contribution in [0.4, 0.5) is 0 Å². The molecule has 0 aliphatic carbocycles. The summed E-state index contributed by atoms with van der Waals surface area (Å²) in [6, 6.07) is 7.05. The second-order valence-corrected chi connectivity index (χ2v) is 5.22. The number of hydrogen-bond donors (Lipinski definition) is 3. The Balaban J connectivity index is 2.00. The molecule has 0 aromatic heterocycles. The minimum absolute atomic E-state index is 0.0420. The van der Waals surface area contributed by atoms with Crippen LogP contribution in [0.25, 0.3) is 0 Å². The van der Waals surface area contributed by atoms with Crippen molar-refractivity contribution in [3.63, 3.8) is 0 Å². The number of carbonyl (C=O) groups excluding carboxylic acids is 2. The molecule has 1 aromatic rings. The lowest BCUT2D eigenvalue weighted by Gasteiger charge is -2.19. The third-order valence-electron chi connectivity index (χ3n) is 3.25. The molecular formula is C13H17ClN4O2. The molecule has 1 aliphatic heterocycles. The van der Waals surface area contributed by atoms with Crippen molar-refractivity contribution in [3.05, 3.63) is 34.9 Å². The van der Waals surface area contributed by atoms with Gasteiger partial charge in [0.05, 0.1) is 6.54 Å². The minimum atomic E-state index is -0.533. The molecule has 1 saturated heterocycles. The zero-order valence-corrected chi connectivity index (χ0v) is 11.9. The van der Waals surface area contributed by atoms with Gasteiger partial charge < -0.3 is 10.6 Å². The van der Waals surface area contributed by atoms with Crippen molar-refractivity contribution in [1.82, 2.24) is 15.8 Å². The Labute approximate surface area is 122 Å². The molecule has 2 unspecified atom stereocenters. The fraction of sp³-hybridized carbons (Fsp3) is 0.385. The van der Waals surface area contributed by atoms with E-state index in [-0.39, 0.29) is 18.5 Å². The maximum atomic E-state index is 12.1. The molecule has 4 N–H and O–H groups in total. The zero-order chi connectivity index (χ0) is 14.7. The van der Waals surface area contributed by atoms with Crippen LogP contribution in [0.15, 0.2) is 24.3 Å². The van der Waals surface area contributed by atoms with E-state index in [4.69, 9.17) is 17.3 Å². The van der Waals surface area contributed by atoms with Crippen LogP contribution in [0.3, 0.4) is 0 Å². The van der Waals surface area contributed by atoms with Gasteiger partial charge in [0.15, 0.2) is 0 Å². The molecule has 7 heteroatoms. The summed E-state index contributed by atoms with van der Waals surface area (Å²) in [7, 11) is 1.55. The van der Waals surface area contributed by atoms with Crippen LogP contribution in [0.2, 0.25) is 5.02 Å². The number of likely N-dealkylation sites (N-methyl/N-ethyl adjacent to an activating group) is 1. The average molecular weight is 297 g/mol. The van der Waals surface area contributed by atoms with Gasteiger partial charge in [-0.2, -0.15) is 0 Å². The Kier molecular flexibility index (Phi) is 4.59. The lowest BCUT2D eigenvalue weighted by Crippen LogP contribution is -2.46. The average Bonchev–Trinajstić information content (AvgIpc) is 2.87. The molecule has 1 aromatic carbocycles. The molecule has 0 spiro atoms. The third-order valence-corrected chi connectivity index (χ3v) is 3.60. The molecule has 1 fully saturated rings. The van der Waals surface area contributed by atoms with E-state index < -0.39 is 11.9 Å². The molecule has 0 bridgehead atoms. The fourth-order valence-electron chi connectivity index (χ4n) is 2.26. The first-order chi connectivity index (χ1) is 9.49. The number of amides is 2. The van der Waals surface area contributed by atoms with Crippen LogP contribution in [-0.4, -0.2) is 36.3 Å². The van der Waals surface area contributed by atoms with Crippen LogP contribution in [0.5, 0.6) is 0 Å². The predicted octanol–water partition coefficient (Wildman–Crippen LogP) is 0.191. The highest BCUT2D eigenvalue weighted by atomic mass is 35.5. The molecule has 2 atom stereocenters.